The Kier molecular flexibility index (Phi) is 6.76. The zero-order valence-electron chi connectivity index (χ0n) is 16.0. The van der Waals surface area contributed by atoms with Gasteiger partial charge in [0.25, 0.3) is 5.91 Å². The lowest BCUT2D eigenvalue weighted by atomic mass is 10.00. The molecule has 2 heterocycles. The summed E-state index contributed by atoms with van der Waals surface area (Å²) < 4.78 is 37.0. The van der Waals surface area contributed by atoms with Crippen LogP contribution in [0, 0.1) is 5.92 Å². The number of anilines is 1. The number of hydroxylamine groups is 1. The van der Waals surface area contributed by atoms with E-state index in [1.54, 1.807) is 0 Å². The Morgan fingerprint density at radius 2 is 1.79 bits per heavy atom. The first-order valence-electron chi connectivity index (χ1n) is 9.52. The van der Waals surface area contributed by atoms with E-state index in [4.69, 9.17) is 9.47 Å². The number of rotatable bonds is 6. The summed E-state index contributed by atoms with van der Waals surface area (Å²) in [6, 6.07) is 7.62. The number of nitrogens with zero attached hydrogens (tertiary/aromatic N) is 3. The van der Waals surface area contributed by atoms with Crippen molar-refractivity contribution in [3.63, 3.8) is 0 Å². The van der Waals surface area contributed by atoms with Crippen LogP contribution in [0.25, 0.3) is 0 Å². The van der Waals surface area contributed by atoms with Gasteiger partial charge in [-0.25, -0.2) is 0 Å². The number of benzene rings is 1. The van der Waals surface area contributed by atoms with Crippen molar-refractivity contribution in [2.75, 3.05) is 50.9 Å². The van der Waals surface area contributed by atoms with Gasteiger partial charge in [-0.15, -0.1) is 0 Å². The fourth-order valence-electron chi connectivity index (χ4n) is 3.42. The number of carbonyl (C=O) groups excluding carboxylic acids is 1. The minimum atomic E-state index is -4.25. The molecule has 0 radical (unpaired) electrons. The first kappa shape index (κ1) is 20.8. The molecule has 2 aliphatic heterocycles. The zero-order valence-corrected chi connectivity index (χ0v) is 16.8. The molecule has 2 saturated heterocycles. The van der Waals surface area contributed by atoms with Gasteiger partial charge in [0.15, 0.2) is 0 Å². The molecule has 28 heavy (non-hydrogen) atoms. The lowest BCUT2D eigenvalue weighted by Crippen LogP contribution is -2.54. The molecule has 156 valence electrons. The Morgan fingerprint density at radius 1 is 1.18 bits per heavy atom. The number of hydrogen-bond donors (Lipinski definition) is 1. The maximum absolute atomic E-state index is 12.6. The molecule has 10 heteroatoms. The van der Waals surface area contributed by atoms with Gasteiger partial charge >= 0.3 is 10.2 Å². The molecule has 0 saturated carbocycles. The minimum absolute atomic E-state index is 0.0739. The first-order valence-corrected chi connectivity index (χ1v) is 10.9. The smallest absolute Gasteiger partial charge is 0.329 e. The van der Waals surface area contributed by atoms with Crippen LogP contribution in [-0.2, 0) is 19.7 Å². The van der Waals surface area contributed by atoms with Crippen molar-refractivity contribution in [1.29, 1.82) is 0 Å². The minimum Gasteiger partial charge on any atom is -0.494 e. The van der Waals surface area contributed by atoms with E-state index in [-0.39, 0.29) is 17.6 Å². The average molecular weight is 413 g/mol. The van der Waals surface area contributed by atoms with E-state index in [1.165, 1.54) is 0 Å². The van der Waals surface area contributed by atoms with Gasteiger partial charge in [-0.1, -0.05) is 4.47 Å². The van der Waals surface area contributed by atoms with Crippen LogP contribution in [0.5, 0.6) is 5.75 Å². The topological polar surface area (TPSA) is 99.6 Å². The highest BCUT2D eigenvalue weighted by atomic mass is 32.2. The molecule has 1 aromatic carbocycles. The van der Waals surface area contributed by atoms with Crippen molar-refractivity contribution >= 4 is 21.8 Å². The van der Waals surface area contributed by atoms with Crippen molar-refractivity contribution in [3.05, 3.63) is 24.3 Å². The molecule has 2 aliphatic rings. The molecule has 3 rings (SSSR count). The second-order valence-electron chi connectivity index (χ2n) is 6.79. The lowest BCUT2D eigenvalue weighted by molar-refractivity contribution is -0.154. The summed E-state index contributed by atoms with van der Waals surface area (Å²) in [5.74, 6) is -0.522. The van der Waals surface area contributed by atoms with Gasteiger partial charge in [-0.3, -0.25) is 10.0 Å². The van der Waals surface area contributed by atoms with Crippen LogP contribution in [0.2, 0.25) is 0 Å². The zero-order chi connectivity index (χ0) is 20.1. The maximum atomic E-state index is 12.6. The monoisotopic (exact) mass is 413 g/mol. The highest BCUT2D eigenvalue weighted by molar-refractivity contribution is 7.87. The SMILES string of the molecule is CCOc1ccc(N2CCN(S(=O)(=O)N(O)C(=O)C3CCOCC3)CC2)cc1. The third-order valence-corrected chi connectivity index (χ3v) is 6.69. The summed E-state index contributed by atoms with van der Waals surface area (Å²) in [4.78, 5) is 14.4. The van der Waals surface area contributed by atoms with Gasteiger partial charge in [0, 0.05) is 51.0 Å². The van der Waals surface area contributed by atoms with Gasteiger partial charge in [0.05, 0.1) is 6.61 Å². The highest BCUT2D eigenvalue weighted by Crippen LogP contribution is 2.23. The Hall–Kier alpha value is -1.88. The van der Waals surface area contributed by atoms with E-state index in [0.717, 1.165) is 15.7 Å². The summed E-state index contributed by atoms with van der Waals surface area (Å²) >= 11 is 0. The summed E-state index contributed by atoms with van der Waals surface area (Å²) in [5.41, 5.74) is 0.972. The summed E-state index contributed by atoms with van der Waals surface area (Å²) in [5, 5.41) is 10.1. The van der Waals surface area contributed by atoms with Crippen LogP contribution in [-0.4, -0.2) is 74.3 Å². The molecule has 1 aromatic rings. The normalized spacial score (nSPS) is 19.4. The Balaban J connectivity index is 1.58. The number of amides is 1. The standard InChI is InChI=1S/C18H27N3O6S/c1-2-27-17-5-3-16(4-6-17)19-9-11-20(12-10-19)28(24,25)21(23)18(22)15-7-13-26-14-8-15/h3-6,15,23H,2,7-14H2,1H3. The molecule has 2 fully saturated rings. The molecule has 0 atom stereocenters. The third kappa shape index (κ3) is 4.57. The van der Waals surface area contributed by atoms with Crippen LogP contribution in [0.1, 0.15) is 19.8 Å². The predicted octanol–water partition coefficient (Wildman–Crippen LogP) is 1.10. The molecule has 0 aromatic heterocycles. The average Bonchev–Trinajstić information content (AvgIpc) is 2.74. The van der Waals surface area contributed by atoms with Gasteiger partial charge in [-0.05, 0) is 44.0 Å². The summed E-state index contributed by atoms with van der Waals surface area (Å²) in [7, 11) is -4.25. The van der Waals surface area contributed by atoms with Gasteiger partial charge in [0.1, 0.15) is 5.75 Å². The van der Waals surface area contributed by atoms with E-state index in [1.807, 2.05) is 31.2 Å². The predicted molar refractivity (Wildman–Crippen MR) is 102 cm³/mol. The molecule has 0 unspecified atom stereocenters. The van der Waals surface area contributed by atoms with E-state index >= 15 is 0 Å². The summed E-state index contributed by atoms with van der Waals surface area (Å²) in [6.07, 6.45) is 0.827. The van der Waals surface area contributed by atoms with E-state index in [2.05, 4.69) is 4.90 Å². The Labute approximate surface area is 165 Å². The van der Waals surface area contributed by atoms with Crippen LogP contribution in [0.3, 0.4) is 0 Å². The molecule has 1 amide bonds. The fourth-order valence-corrected chi connectivity index (χ4v) is 4.64. The Bertz CT molecular complexity index is 756. The van der Waals surface area contributed by atoms with Crippen molar-refractivity contribution in [2.24, 2.45) is 5.92 Å². The number of carbonyl (C=O) groups is 1. The molecular formula is C18H27N3O6S. The lowest BCUT2D eigenvalue weighted by Gasteiger charge is -2.36. The van der Waals surface area contributed by atoms with Crippen molar-refractivity contribution in [1.82, 2.24) is 8.77 Å². The van der Waals surface area contributed by atoms with Crippen molar-refractivity contribution < 1.29 is 27.9 Å². The second kappa shape index (κ2) is 9.08. The molecule has 1 N–H and O–H groups in total. The third-order valence-electron chi connectivity index (χ3n) is 5.06. The highest BCUT2D eigenvalue weighted by Gasteiger charge is 2.38. The van der Waals surface area contributed by atoms with Crippen LogP contribution in [0.15, 0.2) is 24.3 Å². The Morgan fingerprint density at radius 3 is 2.36 bits per heavy atom. The van der Waals surface area contributed by atoms with Crippen LogP contribution < -0.4 is 9.64 Å². The first-order chi connectivity index (χ1) is 13.4. The van der Waals surface area contributed by atoms with Crippen molar-refractivity contribution in [2.45, 2.75) is 19.8 Å². The quantitative estimate of drug-likeness (QED) is 0.551. The molecule has 9 nitrogen and oxygen atoms in total. The number of hydrogen-bond acceptors (Lipinski definition) is 7. The van der Waals surface area contributed by atoms with Crippen LogP contribution >= 0.6 is 0 Å². The van der Waals surface area contributed by atoms with Gasteiger partial charge in [0.2, 0.25) is 0 Å². The van der Waals surface area contributed by atoms with Gasteiger partial charge < -0.3 is 14.4 Å². The molecule has 0 aliphatic carbocycles. The number of piperazine rings is 1. The molecular weight excluding hydrogens is 386 g/mol. The van der Waals surface area contributed by atoms with Crippen LogP contribution in [0.4, 0.5) is 5.69 Å². The van der Waals surface area contributed by atoms with Gasteiger partial charge in [-0.2, -0.15) is 12.7 Å². The van der Waals surface area contributed by atoms with E-state index in [9.17, 15) is 18.4 Å². The second-order valence-corrected chi connectivity index (χ2v) is 8.55. The summed E-state index contributed by atoms with van der Waals surface area (Å²) in [6.45, 7) is 4.61. The van der Waals surface area contributed by atoms with E-state index in [0.29, 0.717) is 45.8 Å². The maximum Gasteiger partial charge on any atom is 0.329 e. The fraction of sp³-hybridized carbons (Fsp3) is 0.611. The van der Waals surface area contributed by atoms with Crippen molar-refractivity contribution in [3.8, 4) is 5.75 Å². The molecule has 0 spiro atoms. The number of ether oxygens (including phenoxy) is 2. The van der Waals surface area contributed by atoms with E-state index < -0.39 is 22.0 Å². The largest absolute Gasteiger partial charge is 0.494 e. The molecule has 0 bridgehead atoms.